The molecule has 0 unspecified atom stereocenters. The molecule has 0 fully saturated rings. The Morgan fingerprint density at radius 2 is 0.889 bits per heavy atom. The molecule has 0 aliphatic heterocycles. The Labute approximate surface area is 176 Å². The van der Waals surface area contributed by atoms with E-state index in [-0.39, 0.29) is 17.0 Å². The summed E-state index contributed by atoms with van der Waals surface area (Å²) in [6.07, 6.45) is 7.96. The van der Waals surface area contributed by atoms with Crippen molar-refractivity contribution in [3.63, 3.8) is 0 Å². The molecule has 0 saturated carbocycles. The minimum absolute atomic E-state index is 0. The van der Waals surface area contributed by atoms with Crippen LogP contribution in [0.5, 0.6) is 0 Å². The van der Waals surface area contributed by atoms with Gasteiger partial charge in [-0.15, -0.1) is 17.0 Å². The van der Waals surface area contributed by atoms with Crippen LogP contribution in [0.25, 0.3) is 0 Å². The fourth-order valence-electron chi connectivity index (χ4n) is 4.09. The molecule has 0 bridgehead atoms. The zero-order valence-electron chi connectivity index (χ0n) is 16.3. The summed E-state index contributed by atoms with van der Waals surface area (Å²) in [6.45, 7) is 2.29. The fourth-order valence-corrected chi connectivity index (χ4v) is 9.03. The topological polar surface area (TPSA) is 0 Å². The van der Waals surface area contributed by atoms with Gasteiger partial charge in [-0.2, -0.15) is 0 Å². The molecule has 0 spiro atoms. The van der Waals surface area contributed by atoms with Crippen LogP contribution in [-0.4, -0.2) is 6.16 Å². The average molecular weight is 443 g/mol. The quantitative estimate of drug-likeness (QED) is 0.271. The van der Waals surface area contributed by atoms with E-state index in [4.69, 9.17) is 0 Å². The van der Waals surface area contributed by atoms with Crippen molar-refractivity contribution in [1.29, 1.82) is 0 Å². The van der Waals surface area contributed by atoms with Gasteiger partial charge in [-0.05, 0) is 0 Å². The number of unbranched alkanes of at least 4 members (excludes halogenated alkanes) is 4. The molecule has 0 nitrogen and oxygen atoms in total. The summed E-state index contributed by atoms with van der Waals surface area (Å²) in [5.41, 5.74) is 0. The van der Waals surface area contributed by atoms with Gasteiger partial charge in [0.15, 0.2) is 0 Å². The molecule has 0 aliphatic carbocycles. The zero-order chi connectivity index (χ0) is 18.1. The summed E-state index contributed by atoms with van der Waals surface area (Å²) in [7, 11) is -1.98. The van der Waals surface area contributed by atoms with E-state index < -0.39 is 7.26 Å². The molecule has 27 heavy (non-hydrogen) atoms. The molecule has 0 N–H and O–H groups in total. The van der Waals surface area contributed by atoms with Gasteiger partial charge in [-0.3, -0.25) is 0 Å². The Bertz CT molecular complexity index is 659. The summed E-state index contributed by atoms with van der Waals surface area (Å²) in [4.78, 5) is 0. The number of halogens is 1. The molecule has 0 atom stereocenters. The third-order valence-electron chi connectivity index (χ3n) is 5.46. The Balaban J connectivity index is 0.00000261. The van der Waals surface area contributed by atoms with E-state index in [1.54, 1.807) is 0 Å². The number of rotatable bonds is 9. The van der Waals surface area contributed by atoms with E-state index in [9.17, 15) is 0 Å². The van der Waals surface area contributed by atoms with Crippen LogP contribution in [0.2, 0.25) is 0 Å². The van der Waals surface area contributed by atoms with Crippen molar-refractivity contribution < 1.29 is 0 Å². The summed E-state index contributed by atoms with van der Waals surface area (Å²) >= 11 is 0. The first-order chi connectivity index (χ1) is 12.9. The molecule has 3 aromatic rings. The number of benzene rings is 3. The van der Waals surface area contributed by atoms with Gasteiger partial charge < -0.3 is 0 Å². The third kappa shape index (κ3) is 5.31. The number of hydrogen-bond acceptors (Lipinski definition) is 0. The van der Waals surface area contributed by atoms with Crippen molar-refractivity contribution in [2.24, 2.45) is 0 Å². The monoisotopic (exact) mass is 442 g/mol. The van der Waals surface area contributed by atoms with Crippen molar-refractivity contribution in [2.45, 2.75) is 39.0 Å². The van der Waals surface area contributed by atoms with E-state index >= 15 is 0 Å². The molecule has 144 valence electrons. The minimum atomic E-state index is -1.98. The van der Waals surface area contributed by atoms with Crippen LogP contribution in [0.4, 0.5) is 0 Å². The maximum atomic E-state index is 2.36. The summed E-state index contributed by atoms with van der Waals surface area (Å²) < 4.78 is 0. The Kier molecular flexibility index (Phi) is 9.25. The van der Waals surface area contributed by atoms with Crippen molar-refractivity contribution >= 4 is 40.2 Å². The van der Waals surface area contributed by atoms with Crippen molar-refractivity contribution in [3.8, 4) is 0 Å². The van der Waals surface area contributed by atoms with Gasteiger partial charge in [0.25, 0.3) is 0 Å². The van der Waals surface area contributed by atoms with Crippen molar-refractivity contribution in [2.75, 3.05) is 6.16 Å². The van der Waals surface area contributed by atoms with E-state index in [1.807, 2.05) is 0 Å². The van der Waals surface area contributed by atoms with E-state index in [0.717, 1.165) is 0 Å². The first-order valence-electron chi connectivity index (χ1n) is 10.0. The average Bonchev–Trinajstić information content (AvgIpc) is 2.73. The maximum absolute atomic E-state index is 2.36. The fraction of sp³-hybridized carbons (Fsp3) is 0.280. The Morgan fingerprint density at radius 1 is 0.519 bits per heavy atom. The zero-order valence-corrected chi connectivity index (χ0v) is 19.0. The standard InChI is InChI=1S/C25H31P.BrH/c1-2-3-4-5-15-22-26(23-16-9-6-10-17-23,24-18-11-7-12-19-24)25-20-13-8-14-21-25;/h6-14,16-21,26H,2-5,15,22H2,1H3;1H. The van der Waals surface area contributed by atoms with Crippen LogP contribution in [0, 0.1) is 0 Å². The van der Waals surface area contributed by atoms with E-state index in [1.165, 1.54) is 54.2 Å². The van der Waals surface area contributed by atoms with Crippen molar-refractivity contribution in [1.82, 2.24) is 0 Å². The second kappa shape index (κ2) is 11.4. The van der Waals surface area contributed by atoms with Gasteiger partial charge in [-0.1, -0.05) is 0 Å². The predicted octanol–water partition coefficient (Wildman–Crippen LogP) is 6.26. The second-order valence-electron chi connectivity index (χ2n) is 7.17. The molecule has 0 heterocycles. The number of hydrogen-bond donors (Lipinski definition) is 0. The van der Waals surface area contributed by atoms with Gasteiger partial charge in [-0.25, -0.2) is 0 Å². The normalized spacial score (nSPS) is 11.6. The SMILES string of the molecule is Br.CCCCCCC[PH](c1ccccc1)(c1ccccc1)c1ccccc1. The van der Waals surface area contributed by atoms with Crippen LogP contribution < -0.4 is 15.9 Å². The molecule has 0 amide bonds. The Morgan fingerprint density at radius 3 is 1.26 bits per heavy atom. The molecular formula is C25H32BrP. The first-order valence-corrected chi connectivity index (χ1v) is 12.2. The molecule has 0 saturated heterocycles. The predicted molar refractivity (Wildman–Crippen MR) is 130 cm³/mol. The van der Waals surface area contributed by atoms with Gasteiger partial charge >= 0.3 is 159 Å². The van der Waals surface area contributed by atoms with Crippen LogP contribution >= 0.6 is 24.2 Å². The first kappa shape index (κ1) is 21.9. The van der Waals surface area contributed by atoms with E-state index in [2.05, 4.69) is 97.9 Å². The van der Waals surface area contributed by atoms with Crippen LogP contribution in [0.3, 0.4) is 0 Å². The molecule has 0 aliphatic rings. The molecule has 0 aromatic heterocycles. The summed E-state index contributed by atoms with van der Waals surface area (Å²) in [6, 6.07) is 33.8. The molecule has 3 rings (SSSR count). The van der Waals surface area contributed by atoms with Crippen molar-refractivity contribution in [3.05, 3.63) is 91.0 Å². The summed E-state index contributed by atoms with van der Waals surface area (Å²) in [5.74, 6) is 0. The second-order valence-corrected chi connectivity index (χ2v) is 11.2. The molecule has 2 heteroatoms. The third-order valence-corrected chi connectivity index (χ3v) is 10.5. The van der Waals surface area contributed by atoms with Gasteiger partial charge in [0.2, 0.25) is 0 Å². The van der Waals surface area contributed by atoms with Gasteiger partial charge in [0.05, 0.1) is 0 Å². The van der Waals surface area contributed by atoms with Gasteiger partial charge in [0.1, 0.15) is 0 Å². The molecular weight excluding hydrogens is 411 g/mol. The van der Waals surface area contributed by atoms with Crippen LogP contribution in [0.15, 0.2) is 91.0 Å². The Hall–Kier alpha value is -1.43. The molecule has 0 radical (unpaired) electrons. The van der Waals surface area contributed by atoms with Crippen LogP contribution in [-0.2, 0) is 0 Å². The van der Waals surface area contributed by atoms with Crippen LogP contribution in [0.1, 0.15) is 39.0 Å². The summed E-state index contributed by atoms with van der Waals surface area (Å²) in [5, 5.41) is 4.61. The van der Waals surface area contributed by atoms with Gasteiger partial charge in [0, 0.05) is 0 Å². The molecule has 3 aromatic carbocycles. The van der Waals surface area contributed by atoms with E-state index in [0.29, 0.717) is 0 Å².